The molecule has 1 fully saturated rings. The molecule has 40 heavy (non-hydrogen) atoms. The number of carbonyl (C=O) groups is 1. The molecular weight excluding hydrogens is 506 g/mol. The average Bonchev–Trinajstić information content (AvgIpc) is 3.01. The number of amides is 1. The van der Waals surface area contributed by atoms with Crippen molar-refractivity contribution >= 4 is 23.8 Å². The van der Waals surface area contributed by atoms with Gasteiger partial charge in [0.2, 0.25) is 17.8 Å². The summed E-state index contributed by atoms with van der Waals surface area (Å²) in [5.74, 6) is 1.65. The molecule has 1 aromatic heterocycles. The number of ether oxygens (including phenoxy) is 2. The van der Waals surface area contributed by atoms with Crippen LogP contribution in [0.1, 0.15) is 48.0 Å². The Morgan fingerprint density at radius 1 is 0.800 bits per heavy atom. The topological polar surface area (TPSA) is 114 Å². The molecule has 3 N–H and O–H groups in total. The molecule has 214 valence electrons. The molecule has 1 aliphatic rings. The molecule has 0 atom stereocenters. The number of benzene rings is 2. The molecule has 0 saturated heterocycles. The zero-order chi connectivity index (χ0) is 27.8. The Labute approximate surface area is 236 Å². The molecule has 1 saturated carbocycles. The highest BCUT2D eigenvalue weighted by molar-refractivity contribution is 5.94. The summed E-state index contributed by atoms with van der Waals surface area (Å²) < 4.78 is 11.2. The maximum absolute atomic E-state index is 12.0. The van der Waals surface area contributed by atoms with Crippen LogP contribution in [0, 0.1) is 0 Å². The Bertz CT molecular complexity index is 1140. The lowest BCUT2D eigenvalue weighted by Crippen LogP contribution is -2.35. The van der Waals surface area contributed by atoms with Gasteiger partial charge in [-0.05, 0) is 30.5 Å². The molecule has 1 amide bonds. The van der Waals surface area contributed by atoms with Crippen LogP contribution in [0.3, 0.4) is 0 Å². The third-order valence-corrected chi connectivity index (χ3v) is 6.82. The van der Waals surface area contributed by atoms with Crippen LogP contribution in [0.25, 0.3) is 0 Å². The van der Waals surface area contributed by atoms with E-state index in [4.69, 9.17) is 19.4 Å². The zero-order valence-corrected chi connectivity index (χ0v) is 23.3. The lowest BCUT2D eigenvalue weighted by atomic mass is 9.95. The van der Waals surface area contributed by atoms with Crippen molar-refractivity contribution in [1.82, 2.24) is 20.3 Å². The molecule has 1 aliphatic carbocycles. The predicted octanol–water partition coefficient (Wildman–Crippen LogP) is 4.13. The number of nitrogens with zero attached hydrogens (tertiary/aromatic N) is 4. The number of carbonyl (C=O) groups excluding carboxylic acids is 1. The maximum atomic E-state index is 12.0. The second kappa shape index (κ2) is 16.4. The van der Waals surface area contributed by atoms with Gasteiger partial charge in [-0.15, -0.1) is 0 Å². The summed E-state index contributed by atoms with van der Waals surface area (Å²) in [6.07, 6.45) is 6.11. The fraction of sp³-hybridized carbons (Fsp3) is 0.467. The molecule has 0 bridgehead atoms. The normalized spacial score (nSPS) is 13.5. The third kappa shape index (κ3) is 9.77. The van der Waals surface area contributed by atoms with E-state index in [0.29, 0.717) is 75.5 Å². The number of anilines is 3. The fourth-order valence-corrected chi connectivity index (χ4v) is 4.57. The second-order valence-corrected chi connectivity index (χ2v) is 9.80. The van der Waals surface area contributed by atoms with Crippen molar-refractivity contribution in [3.8, 4) is 0 Å². The lowest BCUT2D eigenvalue weighted by Gasteiger charge is -2.31. The van der Waals surface area contributed by atoms with Crippen LogP contribution < -0.4 is 20.9 Å². The summed E-state index contributed by atoms with van der Waals surface area (Å²) in [6.45, 7) is 3.48. The Hall–Kier alpha value is -3.76. The van der Waals surface area contributed by atoms with Crippen LogP contribution in [-0.4, -0.2) is 73.5 Å². The number of aromatic nitrogens is 3. The zero-order valence-electron chi connectivity index (χ0n) is 23.3. The molecule has 10 nitrogen and oxygen atoms in total. The number of hydrogen-bond donors (Lipinski definition) is 3. The smallest absolute Gasteiger partial charge is 0.251 e. The van der Waals surface area contributed by atoms with Crippen LogP contribution in [0.2, 0.25) is 0 Å². The largest absolute Gasteiger partial charge is 0.377 e. The van der Waals surface area contributed by atoms with Gasteiger partial charge in [0.25, 0.3) is 5.91 Å². The second-order valence-electron chi connectivity index (χ2n) is 9.80. The van der Waals surface area contributed by atoms with E-state index in [0.717, 1.165) is 18.4 Å². The predicted molar refractivity (Wildman–Crippen MR) is 158 cm³/mol. The van der Waals surface area contributed by atoms with Gasteiger partial charge in [-0.2, -0.15) is 15.0 Å². The Morgan fingerprint density at radius 2 is 1.43 bits per heavy atom. The first kappa shape index (κ1) is 29.2. The van der Waals surface area contributed by atoms with Crippen molar-refractivity contribution in [1.29, 1.82) is 0 Å². The van der Waals surface area contributed by atoms with E-state index >= 15 is 0 Å². The van der Waals surface area contributed by atoms with E-state index in [1.54, 1.807) is 12.1 Å². The first-order chi connectivity index (χ1) is 19.7. The van der Waals surface area contributed by atoms with Crippen LogP contribution in [0.15, 0.2) is 60.7 Å². The molecule has 3 aromatic rings. The fourth-order valence-electron chi connectivity index (χ4n) is 4.57. The van der Waals surface area contributed by atoms with Crippen LogP contribution >= 0.6 is 0 Å². The van der Waals surface area contributed by atoms with Gasteiger partial charge in [0.15, 0.2) is 0 Å². The van der Waals surface area contributed by atoms with Gasteiger partial charge in [-0.25, -0.2) is 0 Å². The molecule has 0 spiro atoms. The van der Waals surface area contributed by atoms with Crippen LogP contribution in [0.5, 0.6) is 0 Å². The molecule has 2 aromatic carbocycles. The van der Waals surface area contributed by atoms with Crippen molar-refractivity contribution in [2.45, 2.75) is 44.7 Å². The summed E-state index contributed by atoms with van der Waals surface area (Å²) in [6, 6.07) is 19.8. The Kier molecular flexibility index (Phi) is 12.0. The summed E-state index contributed by atoms with van der Waals surface area (Å²) in [5.41, 5.74) is 1.80. The number of rotatable bonds is 16. The van der Waals surface area contributed by atoms with Gasteiger partial charge < -0.3 is 30.3 Å². The van der Waals surface area contributed by atoms with Gasteiger partial charge in [0, 0.05) is 38.3 Å². The van der Waals surface area contributed by atoms with Crippen molar-refractivity contribution in [3.05, 3.63) is 71.8 Å². The van der Waals surface area contributed by atoms with Crippen molar-refractivity contribution in [3.63, 3.8) is 0 Å². The molecule has 0 radical (unpaired) electrons. The van der Waals surface area contributed by atoms with Crippen molar-refractivity contribution in [2.75, 3.05) is 62.1 Å². The maximum Gasteiger partial charge on any atom is 0.251 e. The summed E-state index contributed by atoms with van der Waals surface area (Å²) in [4.78, 5) is 28.2. The highest BCUT2D eigenvalue weighted by atomic mass is 16.5. The molecule has 1 heterocycles. The number of hydrogen-bond acceptors (Lipinski definition) is 9. The highest BCUT2D eigenvalue weighted by Gasteiger charge is 2.21. The minimum atomic E-state index is -0.101. The Morgan fingerprint density at radius 3 is 2.12 bits per heavy atom. The van der Waals surface area contributed by atoms with Gasteiger partial charge in [-0.1, -0.05) is 67.8 Å². The van der Waals surface area contributed by atoms with Crippen LogP contribution in [0.4, 0.5) is 17.8 Å². The van der Waals surface area contributed by atoms with E-state index in [9.17, 15) is 4.79 Å². The van der Waals surface area contributed by atoms with Gasteiger partial charge in [0.1, 0.15) is 0 Å². The molecule has 0 aliphatic heterocycles. The van der Waals surface area contributed by atoms with Gasteiger partial charge in [-0.3, -0.25) is 4.79 Å². The number of nitrogens with one attached hydrogen (secondary N) is 3. The SMILES string of the molecule is CN(c1nc(NCCOCCOCCNC(=O)c2ccccc2)nc(NCc2ccccc2)n1)C1CCCCC1. The molecule has 4 rings (SSSR count). The van der Waals surface area contributed by atoms with E-state index in [1.165, 1.54) is 19.3 Å². The van der Waals surface area contributed by atoms with Gasteiger partial charge in [0.05, 0.1) is 26.4 Å². The average molecular weight is 548 g/mol. The summed E-state index contributed by atoms with van der Waals surface area (Å²) in [5, 5.41) is 9.47. The monoisotopic (exact) mass is 547 g/mol. The quantitative estimate of drug-likeness (QED) is 0.228. The molecule has 0 unspecified atom stereocenters. The lowest BCUT2D eigenvalue weighted by molar-refractivity contribution is 0.0519. The van der Waals surface area contributed by atoms with Crippen LogP contribution in [-0.2, 0) is 16.0 Å². The van der Waals surface area contributed by atoms with E-state index in [1.807, 2.05) is 36.4 Å². The molecular formula is C30H41N7O3. The van der Waals surface area contributed by atoms with Crippen molar-refractivity contribution in [2.24, 2.45) is 0 Å². The summed E-state index contributed by atoms with van der Waals surface area (Å²) in [7, 11) is 2.08. The summed E-state index contributed by atoms with van der Waals surface area (Å²) >= 11 is 0. The third-order valence-electron chi connectivity index (χ3n) is 6.82. The van der Waals surface area contributed by atoms with Gasteiger partial charge >= 0.3 is 0 Å². The minimum absolute atomic E-state index is 0.101. The highest BCUT2D eigenvalue weighted by Crippen LogP contribution is 2.25. The molecule has 10 heteroatoms. The van der Waals surface area contributed by atoms with E-state index in [-0.39, 0.29) is 5.91 Å². The van der Waals surface area contributed by atoms with E-state index < -0.39 is 0 Å². The van der Waals surface area contributed by atoms with E-state index in [2.05, 4.69) is 45.0 Å². The van der Waals surface area contributed by atoms with Crippen molar-refractivity contribution < 1.29 is 14.3 Å². The standard InChI is InChI=1S/C30H41N7O3/c1-37(26-15-9-4-10-16-26)30-35-28(34-29(36-30)33-23-24-11-5-2-6-12-24)32-18-20-40-22-21-39-19-17-31-27(38)25-13-7-3-8-14-25/h2-3,5-8,11-14,26H,4,9-10,15-23H2,1H3,(H,31,38)(H2,32,33,34,35,36). The Balaban J connectivity index is 1.18. The minimum Gasteiger partial charge on any atom is -0.377 e. The first-order valence-electron chi connectivity index (χ1n) is 14.2. The first-order valence-corrected chi connectivity index (χ1v) is 14.2.